The zero-order valence-electron chi connectivity index (χ0n) is 10.3. The predicted molar refractivity (Wildman–Crippen MR) is 70.7 cm³/mol. The first-order valence-electron chi connectivity index (χ1n) is 5.96. The van der Waals surface area contributed by atoms with E-state index >= 15 is 0 Å². The van der Waals surface area contributed by atoms with Gasteiger partial charge in [0, 0.05) is 47.0 Å². The summed E-state index contributed by atoms with van der Waals surface area (Å²) in [5, 5.41) is 9.90. The van der Waals surface area contributed by atoms with Crippen LogP contribution < -0.4 is 0 Å². The Morgan fingerprint density at radius 2 is 2.00 bits per heavy atom. The van der Waals surface area contributed by atoms with Gasteiger partial charge in [0.25, 0.3) is 0 Å². The van der Waals surface area contributed by atoms with E-state index < -0.39 is 10.8 Å². The molecule has 1 unspecified atom stereocenters. The van der Waals surface area contributed by atoms with E-state index in [-0.39, 0.29) is 6.04 Å². The van der Waals surface area contributed by atoms with Crippen LogP contribution in [0.5, 0.6) is 5.75 Å². The molecule has 0 aromatic heterocycles. The quantitative estimate of drug-likeness (QED) is 0.874. The molecule has 17 heavy (non-hydrogen) atoms. The van der Waals surface area contributed by atoms with Crippen LogP contribution in [-0.4, -0.2) is 38.8 Å². The highest BCUT2D eigenvalue weighted by atomic mass is 32.2. The van der Waals surface area contributed by atoms with Crippen molar-refractivity contribution < 1.29 is 9.32 Å². The zero-order chi connectivity index (χ0) is 12.4. The summed E-state index contributed by atoms with van der Waals surface area (Å²) in [5.41, 5.74) is 2.13. The van der Waals surface area contributed by atoms with E-state index in [1.165, 1.54) is 0 Å². The third-order valence-electron chi connectivity index (χ3n) is 3.39. The number of phenols is 1. The maximum absolute atomic E-state index is 11.3. The molecule has 1 heterocycles. The smallest absolute Gasteiger partial charge is 0.120 e. The number of aryl methyl sites for hydroxylation is 1. The van der Waals surface area contributed by atoms with E-state index in [0.29, 0.717) is 5.75 Å². The van der Waals surface area contributed by atoms with Gasteiger partial charge in [-0.05, 0) is 19.9 Å². The van der Waals surface area contributed by atoms with Crippen LogP contribution in [0.3, 0.4) is 0 Å². The molecular weight excluding hydrogens is 234 g/mol. The molecule has 0 amide bonds. The summed E-state index contributed by atoms with van der Waals surface area (Å²) in [7, 11) is -0.648. The molecular formula is C13H19NO2S. The van der Waals surface area contributed by atoms with Gasteiger partial charge < -0.3 is 5.11 Å². The molecule has 0 spiro atoms. The van der Waals surface area contributed by atoms with Gasteiger partial charge in [0.2, 0.25) is 0 Å². The highest BCUT2D eigenvalue weighted by Gasteiger charge is 2.22. The lowest BCUT2D eigenvalue weighted by atomic mass is 10.0. The van der Waals surface area contributed by atoms with E-state index in [1.807, 2.05) is 19.1 Å². The van der Waals surface area contributed by atoms with E-state index in [0.717, 1.165) is 35.7 Å². The van der Waals surface area contributed by atoms with Crippen LogP contribution in [0.25, 0.3) is 0 Å². The number of hydrogen-bond acceptors (Lipinski definition) is 3. The van der Waals surface area contributed by atoms with Crippen molar-refractivity contribution in [1.29, 1.82) is 0 Å². The summed E-state index contributed by atoms with van der Waals surface area (Å²) in [5.74, 6) is 1.85. The zero-order valence-corrected chi connectivity index (χ0v) is 11.2. The Hall–Kier alpha value is -0.870. The Labute approximate surface area is 105 Å². The van der Waals surface area contributed by atoms with Crippen molar-refractivity contribution in [2.24, 2.45) is 0 Å². The van der Waals surface area contributed by atoms with Crippen LogP contribution in [0.4, 0.5) is 0 Å². The fourth-order valence-electron chi connectivity index (χ4n) is 2.24. The van der Waals surface area contributed by atoms with Crippen molar-refractivity contribution >= 4 is 10.8 Å². The first kappa shape index (κ1) is 12.6. The van der Waals surface area contributed by atoms with Gasteiger partial charge in [0.05, 0.1) is 0 Å². The Balaban J connectivity index is 2.16. The number of aromatic hydroxyl groups is 1. The standard InChI is InChI=1S/C13H19NO2S/c1-10-3-4-13(15)12(9-10)11(2)14-5-7-17(16)8-6-14/h3-4,9,11,15H,5-8H2,1-2H3. The summed E-state index contributed by atoms with van der Waals surface area (Å²) in [6.45, 7) is 5.83. The molecule has 1 aliphatic rings. The molecule has 1 aliphatic heterocycles. The molecule has 0 radical (unpaired) electrons. The van der Waals surface area contributed by atoms with Gasteiger partial charge in [0.15, 0.2) is 0 Å². The maximum atomic E-state index is 11.3. The lowest BCUT2D eigenvalue weighted by Crippen LogP contribution is -2.39. The summed E-state index contributed by atoms with van der Waals surface area (Å²) in [6.07, 6.45) is 0. The molecule has 0 saturated carbocycles. The van der Waals surface area contributed by atoms with Crippen LogP contribution in [0.15, 0.2) is 18.2 Å². The number of nitrogens with zero attached hydrogens (tertiary/aromatic N) is 1. The highest BCUT2D eigenvalue weighted by Crippen LogP contribution is 2.29. The maximum Gasteiger partial charge on any atom is 0.120 e. The summed E-state index contributed by atoms with van der Waals surface area (Å²) in [6, 6.07) is 5.89. The number of hydrogen-bond donors (Lipinski definition) is 1. The molecule has 0 bridgehead atoms. The molecule has 94 valence electrons. The van der Waals surface area contributed by atoms with Crippen LogP contribution >= 0.6 is 0 Å². The van der Waals surface area contributed by atoms with E-state index in [2.05, 4.69) is 11.8 Å². The van der Waals surface area contributed by atoms with Crippen molar-refractivity contribution in [1.82, 2.24) is 4.90 Å². The summed E-state index contributed by atoms with van der Waals surface area (Å²) in [4.78, 5) is 2.29. The van der Waals surface area contributed by atoms with Crippen LogP contribution in [0.1, 0.15) is 24.1 Å². The van der Waals surface area contributed by atoms with Gasteiger partial charge in [0.1, 0.15) is 5.75 Å². The molecule has 1 aromatic rings. The van der Waals surface area contributed by atoms with Crippen molar-refractivity contribution in [2.45, 2.75) is 19.9 Å². The number of rotatable bonds is 2. The summed E-state index contributed by atoms with van der Waals surface area (Å²) >= 11 is 0. The second-order valence-corrected chi connectivity index (χ2v) is 6.32. The van der Waals surface area contributed by atoms with Crippen molar-refractivity contribution in [3.8, 4) is 5.75 Å². The third kappa shape index (κ3) is 2.87. The van der Waals surface area contributed by atoms with Gasteiger partial charge in [-0.15, -0.1) is 0 Å². The molecule has 4 heteroatoms. The van der Waals surface area contributed by atoms with Crippen molar-refractivity contribution in [3.05, 3.63) is 29.3 Å². The fourth-order valence-corrected chi connectivity index (χ4v) is 3.32. The topological polar surface area (TPSA) is 40.5 Å². The largest absolute Gasteiger partial charge is 0.508 e. The van der Waals surface area contributed by atoms with E-state index in [4.69, 9.17) is 0 Å². The molecule has 1 saturated heterocycles. The highest BCUT2D eigenvalue weighted by molar-refractivity contribution is 7.85. The lowest BCUT2D eigenvalue weighted by molar-refractivity contribution is 0.227. The Bertz CT molecular complexity index is 423. The van der Waals surface area contributed by atoms with E-state index in [9.17, 15) is 9.32 Å². The molecule has 2 rings (SSSR count). The second-order valence-electron chi connectivity index (χ2n) is 4.62. The predicted octanol–water partition coefficient (Wildman–Crippen LogP) is 1.83. The molecule has 1 atom stereocenters. The summed E-state index contributed by atoms with van der Waals surface area (Å²) < 4.78 is 11.3. The minimum atomic E-state index is -0.648. The van der Waals surface area contributed by atoms with Gasteiger partial charge >= 0.3 is 0 Å². The minimum absolute atomic E-state index is 0.187. The molecule has 3 nitrogen and oxygen atoms in total. The number of benzene rings is 1. The van der Waals surface area contributed by atoms with Crippen LogP contribution in [0, 0.1) is 6.92 Å². The Morgan fingerprint density at radius 1 is 1.35 bits per heavy atom. The minimum Gasteiger partial charge on any atom is -0.508 e. The van der Waals surface area contributed by atoms with Gasteiger partial charge in [-0.2, -0.15) is 0 Å². The second kappa shape index (κ2) is 5.19. The third-order valence-corrected chi connectivity index (χ3v) is 4.67. The average Bonchev–Trinajstić information content (AvgIpc) is 2.32. The van der Waals surface area contributed by atoms with E-state index in [1.54, 1.807) is 6.07 Å². The van der Waals surface area contributed by atoms with Gasteiger partial charge in [-0.1, -0.05) is 17.7 Å². The Kier molecular flexibility index (Phi) is 3.84. The van der Waals surface area contributed by atoms with Crippen molar-refractivity contribution in [3.63, 3.8) is 0 Å². The number of phenolic OH excluding ortho intramolecular Hbond substituents is 1. The lowest BCUT2D eigenvalue weighted by Gasteiger charge is -2.32. The molecule has 1 fully saturated rings. The fraction of sp³-hybridized carbons (Fsp3) is 0.538. The first-order chi connectivity index (χ1) is 8.08. The molecule has 1 N–H and O–H groups in total. The average molecular weight is 253 g/mol. The Morgan fingerprint density at radius 3 is 2.65 bits per heavy atom. The molecule has 1 aromatic carbocycles. The van der Waals surface area contributed by atoms with Crippen LogP contribution in [-0.2, 0) is 10.8 Å². The van der Waals surface area contributed by atoms with Crippen LogP contribution in [0.2, 0.25) is 0 Å². The van der Waals surface area contributed by atoms with Gasteiger partial charge in [-0.25, -0.2) is 0 Å². The normalized spacial score (nSPS) is 20.4. The monoisotopic (exact) mass is 253 g/mol. The van der Waals surface area contributed by atoms with Crippen molar-refractivity contribution in [2.75, 3.05) is 24.6 Å². The first-order valence-corrected chi connectivity index (χ1v) is 7.45. The van der Waals surface area contributed by atoms with Gasteiger partial charge in [-0.3, -0.25) is 9.11 Å². The SMILES string of the molecule is Cc1ccc(O)c(C(C)N2CCS(=O)CC2)c1. The molecule has 0 aliphatic carbocycles.